The SMILES string of the molecule is Cc1nc(COc2ccccc2/C=C/C(=O)OCCn2nc3ccccn3c2=O)cs1. The van der Waals surface area contributed by atoms with Crippen LogP contribution in [0.4, 0.5) is 0 Å². The summed E-state index contributed by atoms with van der Waals surface area (Å²) in [6.45, 7) is 2.51. The van der Waals surface area contributed by atoms with Crippen LogP contribution in [0.1, 0.15) is 16.3 Å². The maximum absolute atomic E-state index is 12.2. The molecule has 0 N–H and O–H groups in total. The van der Waals surface area contributed by atoms with Crippen molar-refractivity contribution < 1.29 is 14.3 Å². The van der Waals surface area contributed by atoms with Gasteiger partial charge in [-0.05, 0) is 31.2 Å². The van der Waals surface area contributed by atoms with Gasteiger partial charge in [0.1, 0.15) is 19.0 Å². The topological polar surface area (TPSA) is 87.7 Å². The average molecular weight is 436 g/mol. The lowest BCUT2D eigenvalue weighted by atomic mass is 10.2. The first-order valence-corrected chi connectivity index (χ1v) is 10.5. The monoisotopic (exact) mass is 436 g/mol. The Hall–Kier alpha value is -3.72. The van der Waals surface area contributed by atoms with Gasteiger partial charge in [-0.15, -0.1) is 16.4 Å². The molecule has 0 radical (unpaired) electrons. The van der Waals surface area contributed by atoms with Crippen LogP contribution in [0.25, 0.3) is 11.7 Å². The zero-order valence-corrected chi connectivity index (χ0v) is 17.6. The first-order chi connectivity index (χ1) is 15.1. The second-order valence-electron chi connectivity index (χ2n) is 6.62. The van der Waals surface area contributed by atoms with Gasteiger partial charge in [-0.25, -0.2) is 19.3 Å². The van der Waals surface area contributed by atoms with Crippen molar-refractivity contribution in [3.8, 4) is 5.75 Å². The van der Waals surface area contributed by atoms with Crippen molar-refractivity contribution in [1.82, 2.24) is 19.2 Å². The summed E-state index contributed by atoms with van der Waals surface area (Å²) in [6, 6.07) is 12.7. The number of para-hydroxylation sites is 1. The van der Waals surface area contributed by atoms with Crippen LogP contribution < -0.4 is 10.4 Å². The Kier molecular flexibility index (Phi) is 6.23. The third-order valence-corrected chi connectivity index (χ3v) is 5.22. The number of hydrogen-bond acceptors (Lipinski definition) is 7. The highest BCUT2D eigenvalue weighted by atomic mass is 32.1. The zero-order valence-electron chi connectivity index (χ0n) is 16.8. The van der Waals surface area contributed by atoms with Crippen LogP contribution in [0.2, 0.25) is 0 Å². The van der Waals surface area contributed by atoms with Gasteiger partial charge < -0.3 is 9.47 Å². The molecule has 0 fully saturated rings. The van der Waals surface area contributed by atoms with Gasteiger partial charge in [0.05, 0.1) is 17.2 Å². The number of esters is 1. The highest BCUT2D eigenvalue weighted by Gasteiger charge is 2.07. The van der Waals surface area contributed by atoms with E-state index in [-0.39, 0.29) is 18.8 Å². The lowest BCUT2D eigenvalue weighted by Crippen LogP contribution is -2.23. The Balaban J connectivity index is 1.32. The number of rotatable bonds is 8. The number of aryl methyl sites for hydroxylation is 1. The predicted octanol–water partition coefficient (Wildman–Crippen LogP) is 3.10. The first kappa shape index (κ1) is 20.5. The van der Waals surface area contributed by atoms with E-state index in [0.29, 0.717) is 18.0 Å². The molecule has 4 rings (SSSR count). The standard InChI is InChI=1S/C22H20N4O4S/c1-16-23-18(15-31-16)14-30-19-7-3-2-6-17(19)9-10-21(27)29-13-12-26-22(28)25-11-5-4-8-20(25)24-26/h2-11,15H,12-14H2,1H3/b10-9+. The largest absolute Gasteiger partial charge is 0.487 e. The minimum Gasteiger partial charge on any atom is -0.487 e. The van der Waals surface area contributed by atoms with Crippen molar-refractivity contribution in [3.63, 3.8) is 0 Å². The fourth-order valence-corrected chi connectivity index (χ4v) is 3.53. The van der Waals surface area contributed by atoms with E-state index >= 15 is 0 Å². The summed E-state index contributed by atoms with van der Waals surface area (Å²) in [6.07, 6.45) is 4.62. The van der Waals surface area contributed by atoms with Crippen LogP contribution in [-0.2, 0) is 22.7 Å². The zero-order chi connectivity index (χ0) is 21.6. The molecular formula is C22H20N4O4S. The molecule has 0 atom stereocenters. The maximum Gasteiger partial charge on any atom is 0.350 e. The van der Waals surface area contributed by atoms with E-state index in [1.807, 2.05) is 36.6 Å². The number of ether oxygens (including phenoxy) is 2. The number of benzene rings is 1. The molecule has 8 nitrogen and oxygen atoms in total. The highest BCUT2D eigenvalue weighted by Crippen LogP contribution is 2.21. The molecule has 0 bridgehead atoms. The Morgan fingerprint density at radius 2 is 2.03 bits per heavy atom. The summed E-state index contributed by atoms with van der Waals surface area (Å²) < 4.78 is 13.8. The Morgan fingerprint density at radius 1 is 1.19 bits per heavy atom. The maximum atomic E-state index is 12.2. The minimum atomic E-state index is -0.512. The Labute approximate surface area is 182 Å². The van der Waals surface area contributed by atoms with Crippen molar-refractivity contribution in [2.75, 3.05) is 6.61 Å². The smallest absolute Gasteiger partial charge is 0.350 e. The van der Waals surface area contributed by atoms with Crippen LogP contribution in [0.5, 0.6) is 5.75 Å². The molecule has 0 aliphatic rings. The molecule has 1 aromatic carbocycles. The lowest BCUT2D eigenvalue weighted by molar-refractivity contribution is -0.138. The van der Waals surface area contributed by atoms with Gasteiger partial charge in [0.2, 0.25) is 0 Å². The van der Waals surface area contributed by atoms with Crippen molar-refractivity contribution in [3.05, 3.63) is 86.9 Å². The molecule has 0 amide bonds. The molecule has 3 aromatic heterocycles. The highest BCUT2D eigenvalue weighted by molar-refractivity contribution is 7.09. The van der Waals surface area contributed by atoms with Crippen molar-refractivity contribution >= 4 is 29.0 Å². The minimum absolute atomic E-state index is 0.0360. The van der Waals surface area contributed by atoms with E-state index in [0.717, 1.165) is 16.3 Å². The fraction of sp³-hybridized carbons (Fsp3) is 0.182. The molecule has 9 heteroatoms. The van der Waals surface area contributed by atoms with Crippen molar-refractivity contribution in [2.45, 2.75) is 20.1 Å². The van der Waals surface area contributed by atoms with Crippen LogP contribution in [0.3, 0.4) is 0 Å². The molecule has 4 aromatic rings. The third-order valence-electron chi connectivity index (χ3n) is 4.40. The Bertz CT molecular complexity index is 1290. The summed E-state index contributed by atoms with van der Waals surface area (Å²) in [5, 5.41) is 7.14. The molecule has 0 aliphatic heterocycles. The summed E-state index contributed by atoms with van der Waals surface area (Å²) in [7, 11) is 0. The van der Waals surface area contributed by atoms with E-state index in [4.69, 9.17) is 9.47 Å². The number of aromatic nitrogens is 4. The van der Waals surface area contributed by atoms with E-state index in [9.17, 15) is 9.59 Å². The van der Waals surface area contributed by atoms with Gasteiger partial charge in [-0.2, -0.15) is 0 Å². The molecule has 3 heterocycles. The number of pyridine rings is 1. The summed E-state index contributed by atoms with van der Waals surface area (Å²) in [4.78, 5) is 28.7. The molecular weight excluding hydrogens is 416 g/mol. The number of carbonyl (C=O) groups is 1. The molecule has 0 saturated carbocycles. The third kappa shape index (κ3) is 5.07. The van der Waals surface area contributed by atoms with E-state index in [1.54, 1.807) is 41.8 Å². The molecule has 0 aliphatic carbocycles. The van der Waals surface area contributed by atoms with Crippen LogP contribution in [0, 0.1) is 6.92 Å². The lowest BCUT2D eigenvalue weighted by Gasteiger charge is -2.07. The van der Waals surface area contributed by atoms with E-state index in [1.165, 1.54) is 15.2 Å². The second kappa shape index (κ2) is 9.40. The number of fused-ring (bicyclic) bond motifs is 1. The molecule has 0 spiro atoms. The molecule has 0 saturated heterocycles. The van der Waals surface area contributed by atoms with Gasteiger partial charge in [0.25, 0.3) is 0 Å². The van der Waals surface area contributed by atoms with Crippen LogP contribution >= 0.6 is 11.3 Å². The van der Waals surface area contributed by atoms with Gasteiger partial charge in [0, 0.05) is 23.2 Å². The molecule has 31 heavy (non-hydrogen) atoms. The summed E-state index contributed by atoms with van der Waals surface area (Å²) in [5.41, 5.74) is 1.89. The van der Waals surface area contributed by atoms with E-state index in [2.05, 4.69) is 10.1 Å². The van der Waals surface area contributed by atoms with Crippen molar-refractivity contribution in [2.24, 2.45) is 0 Å². The number of hydrogen-bond donors (Lipinski definition) is 0. The van der Waals surface area contributed by atoms with Gasteiger partial charge in [-0.1, -0.05) is 24.3 Å². The van der Waals surface area contributed by atoms with Gasteiger partial charge >= 0.3 is 11.7 Å². The van der Waals surface area contributed by atoms with Crippen LogP contribution in [-0.4, -0.2) is 31.7 Å². The fourth-order valence-electron chi connectivity index (χ4n) is 2.93. The van der Waals surface area contributed by atoms with E-state index < -0.39 is 5.97 Å². The number of carbonyl (C=O) groups excluding carboxylic acids is 1. The number of thiazole rings is 1. The normalized spacial score (nSPS) is 11.3. The van der Waals surface area contributed by atoms with Gasteiger partial charge in [0.15, 0.2) is 5.65 Å². The first-order valence-electron chi connectivity index (χ1n) is 9.62. The van der Waals surface area contributed by atoms with Crippen LogP contribution in [0.15, 0.2) is 64.9 Å². The quantitative estimate of drug-likeness (QED) is 0.312. The molecule has 0 unspecified atom stereocenters. The average Bonchev–Trinajstić information content (AvgIpc) is 3.34. The molecule has 158 valence electrons. The van der Waals surface area contributed by atoms with Crippen molar-refractivity contribution in [1.29, 1.82) is 0 Å². The number of nitrogens with zero attached hydrogens (tertiary/aromatic N) is 4. The second-order valence-corrected chi connectivity index (χ2v) is 7.68. The summed E-state index contributed by atoms with van der Waals surface area (Å²) in [5.74, 6) is 0.134. The summed E-state index contributed by atoms with van der Waals surface area (Å²) >= 11 is 1.57. The van der Waals surface area contributed by atoms with Gasteiger partial charge in [-0.3, -0.25) is 4.40 Å². The predicted molar refractivity (Wildman–Crippen MR) is 117 cm³/mol. The Morgan fingerprint density at radius 3 is 2.84 bits per heavy atom.